The van der Waals surface area contributed by atoms with Crippen LogP contribution in [0.1, 0.15) is 36.0 Å². The van der Waals surface area contributed by atoms with Gasteiger partial charge in [0.05, 0.1) is 10.6 Å². The molecule has 30 heavy (non-hydrogen) atoms. The van der Waals surface area contributed by atoms with Crippen LogP contribution in [0.4, 0.5) is 4.79 Å². The molecule has 1 fully saturated rings. The SMILES string of the molecule is O=C(O)NC[C@H]1CC[C@H](CNC(=O)c2ccnc(-c3cc4ccccc4s3)c2)CC1. The number of amides is 2. The predicted octanol–water partition coefficient (Wildman–Crippen LogP) is 4.77. The van der Waals surface area contributed by atoms with Gasteiger partial charge in [0, 0.05) is 29.5 Å². The summed E-state index contributed by atoms with van der Waals surface area (Å²) >= 11 is 1.68. The maximum atomic E-state index is 12.7. The Labute approximate surface area is 179 Å². The molecule has 3 aromatic rings. The van der Waals surface area contributed by atoms with E-state index >= 15 is 0 Å². The Morgan fingerprint density at radius 1 is 1.00 bits per heavy atom. The number of carbonyl (C=O) groups excluding carboxylic acids is 1. The second-order valence-corrected chi connectivity index (χ2v) is 8.94. The van der Waals surface area contributed by atoms with Crippen molar-refractivity contribution in [2.45, 2.75) is 25.7 Å². The first-order chi connectivity index (χ1) is 14.6. The molecule has 1 aromatic carbocycles. The first kappa shape index (κ1) is 20.3. The highest BCUT2D eigenvalue weighted by molar-refractivity contribution is 7.22. The number of fused-ring (bicyclic) bond motifs is 1. The van der Waals surface area contributed by atoms with Gasteiger partial charge < -0.3 is 15.7 Å². The Morgan fingerprint density at radius 3 is 2.40 bits per heavy atom. The molecule has 3 N–H and O–H groups in total. The topological polar surface area (TPSA) is 91.3 Å². The quantitative estimate of drug-likeness (QED) is 0.533. The molecule has 2 amide bonds. The van der Waals surface area contributed by atoms with Gasteiger partial charge in [-0.05, 0) is 67.2 Å². The van der Waals surface area contributed by atoms with E-state index in [0.717, 1.165) is 36.3 Å². The molecular formula is C23H25N3O3S. The van der Waals surface area contributed by atoms with Crippen LogP contribution < -0.4 is 10.6 Å². The number of hydrogen-bond donors (Lipinski definition) is 3. The van der Waals surface area contributed by atoms with Gasteiger partial charge in [-0.15, -0.1) is 11.3 Å². The zero-order valence-corrected chi connectivity index (χ0v) is 17.5. The summed E-state index contributed by atoms with van der Waals surface area (Å²) in [6.45, 7) is 1.17. The normalized spacial score (nSPS) is 18.8. The number of pyridine rings is 1. The number of nitrogens with one attached hydrogen (secondary N) is 2. The molecule has 0 radical (unpaired) electrons. The smallest absolute Gasteiger partial charge is 0.404 e. The van der Waals surface area contributed by atoms with Gasteiger partial charge in [-0.1, -0.05) is 18.2 Å². The van der Waals surface area contributed by atoms with Crippen LogP contribution >= 0.6 is 11.3 Å². The lowest BCUT2D eigenvalue weighted by atomic mass is 9.82. The number of carboxylic acid groups (broad SMARTS) is 1. The predicted molar refractivity (Wildman–Crippen MR) is 119 cm³/mol. The number of benzene rings is 1. The van der Waals surface area contributed by atoms with Gasteiger partial charge in [0.25, 0.3) is 5.91 Å². The summed E-state index contributed by atoms with van der Waals surface area (Å²) in [5.41, 5.74) is 1.44. The van der Waals surface area contributed by atoms with Crippen LogP contribution in [0.3, 0.4) is 0 Å². The highest BCUT2D eigenvalue weighted by atomic mass is 32.1. The lowest BCUT2D eigenvalue weighted by Crippen LogP contribution is -2.34. The summed E-state index contributed by atoms with van der Waals surface area (Å²) in [6, 6.07) is 13.9. The Balaban J connectivity index is 1.32. The van der Waals surface area contributed by atoms with E-state index in [0.29, 0.717) is 30.5 Å². The molecule has 1 aliphatic rings. The minimum absolute atomic E-state index is 0.0746. The summed E-state index contributed by atoms with van der Waals surface area (Å²) in [5, 5.41) is 15.4. The lowest BCUT2D eigenvalue weighted by Gasteiger charge is -2.28. The minimum Gasteiger partial charge on any atom is -0.465 e. The van der Waals surface area contributed by atoms with E-state index in [-0.39, 0.29) is 5.91 Å². The minimum atomic E-state index is -0.961. The van der Waals surface area contributed by atoms with Crippen molar-refractivity contribution in [2.24, 2.45) is 11.8 Å². The molecule has 0 spiro atoms. The maximum absolute atomic E-state index is 12.7. The zero-order chi connectivity index (χ0) is 20.9. The summed E-state index contributed by atoms with van der Waals surface area (Å²) in [4.78, 5) is 28.8. The molecule has 2 heterocycles. The second kappa shape index (κ2) is 9.26. The van der Waals surface area contributed by atoms with Crippen molar-refractivity contribution in [3.8, 4) is 10.6 Å². The Bertz CT molecular complexity index is 1010. The molecular weight excluding hydrogens is 398 g/mol. The van der Waals surface area contributed by atoms with Gasteiger partial charge in [0.2, 0.25) is 0 Å². The van der Waals surface area contributed by atoms with Crippen LogP contribution in [0.2, 0.25) is 0 Å². The van der Waals surface area contributed by atoms with Crippen LogP contribution in [-0.4, -0.2) is 35.2 Å². The molecule has 1 saturated carbocycles. The number of aromatic nitrogens is 1. The van der Waals surface area contributed by atoms with E-state index < -0.39 is 6.09 Å². The average molecular weight is 424 g/mol. The standard InChI is InChI=1S/C23H25N3O3S/c27-22(25-13-15-5-7-16(8-6-15)14-26-23(28)29)18-9-10-24-19(11-18)21-12-17-3-1-2-4-20(17)30-21/h1-4,9-12,15-16,26H,5-8,13-14H2,(H,25,27)(H,28,29)/t15-,16-. The van der Waals surface area contributed by atoms with E-state index in [4.69, 9.17) is 5.11 Å². The monoisotopic (exact) mass is 423 g/mol. The Morgan fingerprint density at radius 2 is 1.70 bits per heavy atom. The highest BCUT2D eigenvalue weighted by Gasteiger charge is 2.22. The van der Waals surface area contributed by atoms with Crippen molar-refractivity contribution >= 4 is 33.4 Å². The van der Waals surface area contributed by atoms with Gasteiger partial charge in [-0.3, -0.25) is 9.78 Å². The fourth-order valence-electron chi connectivity index (χ4n) is 4.03. The molecule has 0 aliphatic heterocycles. The number of carbonyl (C=O) groups is 2. The van der Waals surface area contributed by atoms with Crippen LogP contribution in [0, 0.1) is 11.8 Å². The van der Waals surface area contributed by atoms with Gasteiger partial charge >= 0.3 is 6.09 Å². The first-order valence-corrected chi connectivity index (χ1v) is 11.1. The van der Waals surface area contributed by atoms with Gasteiger partial charge in [0.15, 0.2) is 0 Å². The van der Waals surface area contributed by atoms with E-state index in [1.165, 1.54) is 10.1 Å². The number of rotatable bonds is 6. The third-order valence-electron chi connectivity index (χ3n) is 5.76. The van der Waals surface area contributed by atoms with Crippen LogP contribution in [0.25, 0.3) is 20.7 Å². The molecule has 2 aromatic heterocycles. The fraction of sp³-hybridized carbons (Fsp3) is 0.348. The molecule has 4 rings (SSSR count). The maximum Gasteiger partial charge on any atom is 0.404 e. The van der Waals surface area contributed by atoms with Crippen molar-refractivity contribution in [3.05, 3.63) is 54.2 Å². The Hall–Kier alpha value is -2.93. The van der Waals surface area contributed by atoms with Crippen molar-refractivity contribution < 1.29 is 14.7 Å². The molecule has 0 saturated heterocycles. The van der Waals surface area contributed by atoms with E-state index in [1.807, 2.05) is 18.2 Å². The van der Waals surface area contributed by atoms with Crippen LogP contribution in [-0.2, 0) is 0 Å². The van der Waals surface area contributed by atoms with Crippen molar-refractivity contribution in [1.82, 2.24) is 15.6 Å². The van der Waals surface area contributed by atoms with Crippen molar-refractivity contribution in [2.75, 3.05) is 13.1 Å². The van der Waals surface area contributed by atoms with Crippen molar-refractivity contribution in [3.63, 3.8) is 0 Å². The zero-order valence-electron chi connectivity index (χ0n) is 16.6. The molecule has 0 bridgehead atoms. The Kier molecular flexibility index (Phi) is 6.28. The van der Waals surface area contributed by atoms with Gasteiger partial charge in [-0.25, -0.2) is 4.79 Å². The summed E-state index contributed by atoms with van der Waals surface area (Å²) in [5.74, 6) is 0.769. The third-order valence-corrected chi connectivity index (χ3v) is 6.90. The molecule has 0 atom stereocenters. The van der Waals surface area contributed by atoms with Gasteiger partial charge in [0.1, 0.15) is 0 Å². The summed E-state index contributed by atoms with van der Waals surface area (Å²) in [6.07, 6.45) is 4.73. The van der Waals surface area contributed by atoms with Gasteiger partial charge in [-0.2, -0.15) is 0 Å². The molecule has 1 aliphatic carbocycles. The van der Waals surface area contributed by atoms with E-state index in [2.05, 4.69) is 33.8 Å². The van der Waals surface area contributed by atoms with Crippen molar-refractivity contribution in [1.29, 1.82) is 0 Å². The van der Waals surface area contributed by atoms with Crippen LogP contribution in [0.15, 0.2) is 48.7 Å². The number of hydrogen-bond acceptors (Lipinski definition) is 4. The summed E-state index contributed by atoms with van der Waals surface area (Å²) in [7, 11) is 0. The number of nitrogens with zero attached hydrogens (tertiary/aromatic N) is 1. The third kappa shape index (κ3) is 4.97. The molecule has 7 heteroatoms. The highest BCUT2D eigenvalue weighted by Crippen LogP contribution is 2.32. The summed E-state index contributed by atoms with van der Waals surface area (Å²) < 4.78 is 1.21. The first-order valence-electron chi connectivity index (χ1n) is 10.3. The second-order valence-electron chi connectivity index (χ2n) is 7.86. The molecule has 156 valence electrons. The van der Waals surface area contributed by atoms with E-state index in [9.17, 15) is 9.59 Å². The fourth-order valence-corrected chi connectivity index (χ4v) is 5.06. The average Bonchev–Trinajstić information content (AvgIpc) is 3.21. The number of thiophene rings is 1. The largest absolute Gasteiger partial charge is 0.465 e. The molecule has 0 unspecified atom stereocenters. The lowest BCUT2D eigenvalue weighted by molar-refractivity contribution is 0.0940. The van der Waals surface area contributed by atoms with E-state index in [1.54, 1.807) is 23.6 Å². The van der Waals surface area contributed by atoms with Crippen LogP contribution in [0.5, 0.6) is 0 Å². The molecule has 6 nitrogen and oxygen atoms in total.